The van der Waals surface area contributed by atoms with Crippen LogP contribution in [0.1, 0.15) is 17.4 Å². The summed E-state index contributed by atoms with van der Waals surface area (Å²) >= 11 is 1.93. The zero-order valence-corrected chi connectivity index (χ0v) is 17.1. The first-order chi connectivity index (χ1) is 13.1. The van der Waals surface area contributed by atoms with Gasteiger partial charge < -0.3 is 9.15 Å². The van der Waals surface area contributed by atoms with Gasteiger partial charge in [0.25, 0.3) is 0 Å². The van der Waals surface area contributed by atoms with Crippen molar-refractivity contribution in [1.29, 1.82) is 0 Å². The molecule has 0 spiro atoms. The number of nitrogens with one attached hydrogen (secondary N) is 1. The Bertz CT molecular complexity index is 786. The number of furan rings is 1. The number of ether oxygens (including phenoxy) is 1. The van der Waals surface area contributed by atoms with E-state index in [1.165, 1.54) is 0 Å². The highest BCUT2D eigenvalue weighted by molar-refractivity contribution is 7.99. The van der Waals surface area contributed by atoms with Gasteiger partial charge in [-0.25, -0.2) is 13.1 Å². The first-order valence-corrected chi connectivity index (χ1v) is 11.8. The number of hydrogen-bond acceptors (Lipinski definition) is 6. The standard InChI is InChI=1S/C19H26N2O4S2/c1-24-17-6-4-16(5-7-17)8-14-27(22,23)20-15-18(19-3-2-11-25-19)21-9-12-26-13-10-21/h2-7,11,18,20H,8-10,12-15H2,1H3/t18-/m0/s1. The van der Waals surface area contributed by atoms with Gasteiger partial charge in [-0.15, -0.1) is 0 Å². The molecule has 148 valence electrons. The third-order valence-corrected chi connectivity index (χ3v) is 6.96. The van der Waals surface area contributed by atoms with Crippen molar-refractivity contribution in [2.45, 2.75) is 12.5 Å². The largest absolute Gasteiger partial charge is 0.497 e. The molecule has 1 aromatic heterocycles. The van der Waals surface area contributed by atoms with E-state index in [0.717, 1.165) is 41.7 Å². The molecule has 3 rings (SSSR count). The molecule has 27 heavy (non-hydrogen) atoms. The van der Waals surface area contributed by atoms with Crippen LogP contribution in [0.25, 0.3) is 0 Å². The number of aryl methyl sites for hydroxylation is 1. The Hall–Kier alpha value is -1.48. The Morgan fingerprint density at radius 2 is 1.96 bits per heavy atom. The minimum atomic E-state index is -3.38. The molecule has 1 aromatic carbocycles. The summed E-state index contributed by atoms with van der Waals surface area (Å²) in [5.41, 5.74) is 0.969. The lowest BCUT2D eigenvalue weighted by Gasteiger charge is -2.33. The fourth-order valence-electron chi connectivity index (χ4n) is 3.10. The van der Waals surface area contributed by atoms with Gasteiger partial charge in [-0.1, -0.05) is 12.1 Å². The monoisotopic (exact) mass is 410 g/mol. The van der Waals surface area contributed by atoms with Gasteiger partial charge in [0.05, 0.1) is 25.2 Å². The fraction of sp³-hybridized carbons (Fsp3) is 0.474. The third-order valence-electron chi connectivity index (χ3n) is 4.67. The van der Waals surface area contributed by atoms with E-state index in [4.69, 9.17) is 9.15 Å². The Balaban J connectivity index is 1.57. The topological polar surface area (TPSA) is 71.8 Å². The van der Waals surface area contributed by atoms with E-state index in [2.05, 4.69) is 9.62 Å². The zero-order valence-electron chi connectivity index (χ0n) is 15.5. The smallest absolute Gasteiger partial charge is 0.211 e. The van der Waals surface area contributed by atoms with E-state index < -0.39 is 10.0 Å². The van der Waals surface area contributed by atoms with Gasteiger partial charge in [0.1, 0.15) is 11.5 Å². The summed E-state index contributed by atoms with van der Waals surface area (Å²) in [7, 11) is -1.76. The Morgan fingerprint density at radius 1 is 1.22 bits per heavy atom. The van der Waals surface area contributed by atoms with Crippen LogP contribution in [0.4, 0.5) is 0 Å². The van der Waals surface area contributed by atoms with E-state index in [0.29, 0.717) is 13.0 Å². The second-order valence-electron chi connectivity index (χ2n) is 6.44. The van der Waals surface area contributed by atoms with Crippen LogP contribution in [-0.2, 0) is 16.4 Å². The van der Waals surface area contributed by atoms with Crippen molar-refractivity contribution >= 4 is 21.8 Å². The fourth-order valence-corrected chi connectivity index (χ4v) is 5.09. The summed E-state index contributed by atoms with van der Waals surface area (Å²) in [5, 5.41) is 0. The Morgan fingerprint density at radius 3 is 2.59 bits per heavy atom. The molecule has 1 N–H and O–H groups in total. The molecule has 1 saturated heterocycles. The molecule has 8 heteroatoms. The van der Waals surface area contributed by atoms with Crippen molar-refractivity contribution in [3.63, 3.8) is 0 Å². The van der Waals surface area contributed by atoms with Crippen molar-refractivity contribution in [2.24, 2.45) is 0 Å². The molecular weight excluding hydrogens is 384 g/mol. The molecule has 1 aliphatic rings. The maximum atomic E-state index is 12.5. The van der Waals surface area contributed by atoms with Crippen LogP contribution >= 0.6 is 11.8 Å². The summed E-state index contributed by atoms with van der Waals surface area (Å²) in [6.07, 6.45) is 2.10. The van der Waals surface area contributed by atoms with Gasteiger partial charge in [-0.3, -0.25) is 4.90 Å². The highest BCUT2D eigenvalue weighted by Crippen LogP contribution is 2.24. The molecule has 1 aliphatic heterocycles. The van der Waals surface area contributed by atoms with Crippen molar-refractivity contribution in [1.82, 2.24) is 9.62 Å². The molecule has 0 saturated carbocycles. The highest BCUT2D eigenvalue weighted by Gasteiger charge is 2.26. The van der Waals surface area contributed by atoms with Crippen molar-refractivity contribution in [3.05, 3.63) is 54.0 Å². The van der Waals surface area contributed by atoms with Crippen LogP contribution in [0.3, 0.4) is 0 Å². The molecule has 0 bridgehead atoms. The predicted molar refractivity (Wildman–Crippen MR) is 109 cm³/mol. The van der Waals surface area contributed by atoms with Gasteiger partial charge >= 0.3 is 0 Å². The molecular formula is C19H26N2O4S2. The Kier molecular flexibility index (Phi) is 7.23. The number of rotatable bonds is 9. The second-order valence-corrected chi connectivity index (χ2v) is 9.60. The van der Waals surface area contributed by atoms with Crippen molar-refractivity contribution in [2.75, 3.05) is 44.0 Å². The molecule has 1 atom stereocenters. The van der Waals surface area contributed by atoms with Crippen LogP contribution in [-0.4, -0.2) is 57.3 Å². The van der Waals surface area contributed by atoms with Crippen LogP contribution < -0.4 is 9.46 Å². The number of sulfonamides is 1. The third kappa shape index (κ3) is 6.00. The molecule has 2 aromatic rings. The number of benzene rings is 1. The number of hydrogen-bond donors (Lipinski definition) is 1. The summed E-state index contributed by atoms with van der Waals surface area (Å²) in [6, 6.07) is 11.2. The van der Waals surface area contributed by atoms with Crippen LogP contribution in [0.15, 0.2) is 47.1 Å². The predicted octanol–water partition coefficient (Wildman–Crippen LogP) is 2.54. The van der Waals surface area contributed by atoms with E-state index in [1.54, 1.807) is 13.4 Å². The molecule has 0 amide bonds. The summed E-state index contributed by atoms with van der Waals surface area (Å²) in [5.74, 6) is 3.74. The van der Waals surface area contributed by atoms with Crippen molar-refractivity contribution in [3.8, 4) is 5.75 Å². The first-order valence-electron chi connectivity index (χ1n) is 9.03. The van der Waals surface area contributed by atoms with E-state index in [1.807, 2.05) is 48.2 Å². The molecule has 0 aliphatic carbocycles. The van der Waals surface area contributed by atoms with E-state index >= 15 is 0 Å². The minimum absolute atomic E-state index is 0.0556. The van der Waals surface area contributed by atoms with Gasteiger partial charge in [0.15, 0.2) is 0 Å². The Labute approximate surface area is 165 Å². The van der Waals surface area contributed by atoms with Crippen molar-refractivity contribution < 1.29 is 17.6 Å². The average Bonchev–Trinajstić information content (AvgIpc) is 3.22. The van der Waals surface area contributed by atoms with E-state index in [-0.39, 0.29) is 11.8 Å². The van der Waals surface area contributed by atoms with Gasteiger partial charge in [-0.2, -0.15) is 11.8 Å². The maximum absolute atomic E-state index is 12.5. The van der Waals surface area contributed by atoms with Crippen LogP contribution in [0.5, 0.6) is 5.75 Å². The average molecular weight is 411 g/mol. The normalized spacial score (nSPS) is 16.9. The second kappa shape index (κ2) is 9.64. The van der Waals surface area contributed by atoms with Gasteiger partial charge in [0, 0.05) is 31.1 Å². The SMILES string of the molecule is COc1ccc(CCS(=O)(=O)NC[C@@H](c2ccco2)N2CCSCC2)cc1. The number of nitrogens with zero attached hydrogens (tertiary/aromatic N) is 1. The lowest BCUT2D eigenvalue weighted by atomic mass is 10.2. The van der Waals surface area contributed by atoms with Crippen LogP contribution in [0, 0.1) is 0 Å². The molecule has 6 nitrogen and oxygen atoms in total. The van der Waals surface area contributed by atoms with Gasteiger partial charge in [0.2, 0.25) is 10.0 Å². The first kappa shape index (κ1) is 20.3. The quantitative estimate of drug-likeness (QED) is 0.685. The molecule has 0 unspecified atom stereocenters. The lowest BCUT2D eigenvalue weighted by Crippen LogP contribution is -2.42. The zero-order chi connectivity index (χ0) is 19.1. The molecule has 0 radical (unpaired) electrons. The molecule has 1 fully saturated rings. The van der Waals surface area contributed by atoms with Crippen LogP contribution in [0.2, 0.25) is 0 Å². The van der Waals surface area contributed by atoms with E-state index in [9.17, 15) is 8.42 Å². The molecule has 2 heterocycles. The summed E-state index contributed by atoms with van der Waals surface area (Å²) in [4.78, 5) is 2.29. The van der Waals surface area contributed by atoms with Gasteiger partial charge in [-0.05, 0) is 36.2 Å². The minimum Gasteiger partial charge on any atom is -0.497 e. The summed E-state index contributed by atoms with van der Waals surface area (Å²) in [6.45, 7) is 2.19. The number of methoxy groups -OCH3 is 1. The maximum Gasteiger partial charge on any atom is 0.211 e. The highest BCUT2D eigenvalue weighted by atomic mass is 32.2. The summed E-state index contributed by atoms with van der Waals surface area (Å²) < 4.78 is 38.5. The number of thioether (sulfide) groups is 1. The lowest BCUT2D eigenvalue weighted by molar-refractivity contribution is 0.193.